The summed E-state index contributed by atoms with van der Waals surface area (Å²) in [6.07, 6.45) is 1.46. The molecule has 110 valence electrons. The lowest BCUT2D eigenvalue weighted by molar-refractivity contribution is -0.384. The van der Waals surface area contributed by atoms with Gasteiger partial charge < -0.3 is 14.9 Å². The first kappa shape index (κ1) is 15.0. The van der Waals surface area contributed by atoms with Gasteiger partial charge in [0.1, 0.15) is 11.5 Å². The molecule has 1 heterocycles. The van der Waals surface area contributed by atoms with E-state index in [0.29, 0.717) is 23.6 Å². The van der Waals surface area contributed by atoms with E-state index in [9.17, 15) is 10.1 Å². The number of hydrogen-bond acceptors (Lipinski definition) is 6. The lowest BCUT2D eigenvalue weighted by atomic mass is 10.1. The van der Waals surface area contributed by atoms with Crippen molar-refractivity contribution in [2.75, 3.05) is 13.2 Å². The SMILES string of the molecule is O=[N+]([O-])c1ccc(-c2ccc(/C=N\NCCO)o2)c(Cl)c1. The smallest absolute Gasteiger partial charge is 0.270 e. The summed E-state index contributed by atoms with van der Waals surface area (Å²) in [4.78, 5) is 10.1. The molecule has 0 atom stereocenters. The van der Waals surface area contributed by atoms with Crippen LogP contribution in [0, 0.1) is 10.1 Å². The Bertz CT molecular complexity index is 669. The van der Waals surface area contributed by atoms with Crippen LogP contribution in [0.3, 0.4) is 0 Å². The zero-order valence-corrected chi connectivity index (χ0v) is 11.6. The highest BCUT2D eigenvalue weighted by atomic mass is 35.5. The van der Waals surface area contributed by atoms with E-state index in [1.54, 1.807) is 12.1 Å². The van der Waals surface area contributed by atoms with Gasteiger partial charge in [0.25, 0.3) is 5.69 Å². The normalized spacial score (nSPS) is 11.0. The van der Waals surface area contributed by atoms with Gasteiger partial charge in [-0.25, -0.2) is 0 Å². The zero-order chi connectivity index (χ0) is 15.2. The molecule has 0 unspecified atom stereocenters. The van der Waals surface area contributed by atoms with E-state index in [4.69, 9.17) is 21.1 Å². The minimum Gasteiger partial charge on any atom is -0.455 e. The third kappa shape index (κ3) is 3.80. The van der Waals surface area contributed by atoms with Crippen LogP contribution < -0.4 is 5.43 Å². The number of nitro groups is 1. The summed E-state index contributed by atoms with van der Waals surface area (Å²) in [5.41, 5.74) is 3.10. The van der Waals surface area contributed by atoms with Crippen molar-refractivity contribution in [1.82, 2.24) is 5.43 Å². The quantitative estimate of drug-likeness (QED) is 0.369. The maximum atomic E-state index is 10.7. The van der Waals surface area contributed by atoms with Crippen molar-refractivity contribution < 1.29 is 14.4 Å². The molecule has 0 amide bonds. The highest BCUT2D eigenvalue weighted by molar-refractivity contribution is 6.33. The largest absolute Gasteiger partial charge is 0.455 e. The van der Waals surface area contributed by atoms with Crippen LogP contribution >= 0.6 is 11.6 Å². The molecule has 21 heavy (non-hydrogen) atoms. The van der Waals surface area contributed by atoms with Crippen LogP contribution in [0.1, 0.15) is 5.76 Å². The van der Waals surface area contributed by atoms with E-state index >= 15 is 0 Å². The standard InChI is InChI=1S/C13H12ClN3O4/c14-12-7-9(17(19)20)1-3-11(12)13-4-2-10(21-13)8-16-15-5-6-18/h1-4,7-8,15,18H,5-6H2/b16-8-. The van der Waals surface area contributed by atoms with Gasteiger partial charge in [-0.3, -0.25) is 10.1 Å². The van der Waals surface area contributed by atoms with E-state index in [-0.39, 0.29) is 17.3 Å². The molecule has 0 saturated heterocycles. The van der Waals surface area contributed by atoms with E-state index in [1.165, 1.54) is 24.4 Å². The lowest BCUT2D eigenvalue weighted by Gasteiger charge is -2.00. The third-order valence-corrected chi connectivity index (χ3v) is 2.88. The van der Waals surface area contributed by atoms with Gasteiger partial charge in [0.05, 0.1) is 29.3 Å². The fraction of sp³-hybridized carbons (Fsp3) is 0.154. The van der Waals surface area contributed by atoms with Crippen LogP contribution in [0.4, 0.5) is 5.69 Å². The summed E-state index contributed by atoms with van der Waals surface area (Å²) in [6, 6.07) is 7.55. The average molecular weight is 310 g/mol. The number of aliphatic hydroxyl groups excluding tert-OH is 1. The highest BCUT2D eigenvalue weighted by Gasteiger charge is 2.13. The van der Waals surface area contributed by atoms with E-state index in [0.717, 1.165) is 0 Å². The van der Waals surface area contributed by atoms with Gasteiger partial charge in [-0.15, -0.1) is 0 Å². The minimum absolute atomic E-state index is 0.0147. The molecule has 0 aliphatic carbocycles. The minimum atomic E-state index is -0.511. The van der Waals surface area contributed by atoms with Crippen molar-refractivity contribution in [3.05, 3.63) is 51.2 Å². The second-order valence-corrected chi connectivity index (χ2v) is 4.42. The van der Waals surface area contributed by atoms with Gasteiger partial charge in [-0.2, -0.15) is 5.10 Å². The molecule has 0 aliphatic heterocycles. The fourth-order valence-electron chi connectivity index (χ4n) is 1.61. The number of rotatable bonds is 6. The van der Waals surface area contributed by atoms with Crippen LogP contribution in [0.2, 0.25) is 5.02 Å². The summed E-state index contributed by atoms with van der Waals surface area (Å²) in [6.45, 7) is 0.331. The number of hydrogen-bond donors (Lipinski definition) is 2. The topological polar surface area (TPSA) is 101 Å². The van der Waals surface area contributed by atoms with Crippen LogP contribution in [0.5, 0.6) is 0 Å². The predicted octanol–water partition coefficient (Wildman–Crippen LogP) is 2.42. The molecule has 2 aromatic rings. The molecule has 0 fully saturated rings. The summed E-state index contributed by atoms with van der Waals surface area (Å²) >= 11 is 6.02. The molecular formula is C13H12ClN3O4. The number of aliphatic hydroxyl groups is 1. The van der Waals surface area contributed by atoms with Gasteiger partial charge in [-0.1, -0.05) is 11.6 Å². The first-order valence-corrected chi connectivity index (χ1v) is 6.40. The maximum absolute atomic E-state index is 10.7. The predicted molar refractivity (Wildman–Crippen MR) is 78.5 cm³/mol. The molecule has 0 bridgehead atoms. The van der Waals surface area contributed by atoms with Gasteiger partial charge in [0, 0.05) is 17.7 Å². The number of non-ortho nitro benzene ring substituents is 1. The monoisotopic (exact) mass is 309 g/mol. The Hall–Kier alpha value is -2.38. The Labute approximate surface area is 125 Å². The van der Waals surface area contributed by atoms with Crippen LogP contribution in [-0.4, -0.2) is 29.4 Å². The first-order valence-electron chi connectivity index (χ1n) is 6.02. The van der Waals surface area contributed by atoms with Crippen LogP contribution in [-0.2, 0) is 0 Å². The van der Waals surface area contributed by atoms with Gasteiger partial charge in [0.15, 0.2) is 0 Å². The molecule has 2 N–H and O–H groups in total. The van der Waals surface area contributed by atoms with E-state index in [1.807, 2.05) is 0 Å². The Balaban J connectivity index is 2.18. The molecule has 1 aromatic carbocycles. The number of nitrogens with zero attached hydrogens (tertiary/aromatic N) is 2. The van der Waals surface area contributed by atoms with Gasteiger partial charge in [-0.05, 0) is 18.2 Å². The number of nitro benzene ring substituents is 1. The molecular weight excluding hydrogens is 298 g/mol. The van der Waals surface area contributed by atoms with Crippen LogP contribution in [0.25, 0.3) is 11.3 Å². The Morgan fingerprint density at radius 3 is 2.90 bits per heavy atom. The number of furan rings is 1. The van der Waals surface area contributed by atoms with Crippen molar-refractivity contribution in [3.8, 4) is 11.3 Å². The van der Waals surface area contributed by atoms with Gasteiger partial charge in [0.2, 0.25) is 0 Å². The van der Waals surface area contributed by atoms with Crippen molar-refractivity contribution in [3.63, 3.8) is 0 Å². The summed E-state index contributed by atoms with van der Waals surface area (Å²) in [5.74, 6) is 0.975. The molecule has 8 heteroatoms. The maximum Gasteiger partial charge on any atom is 0.270 e. The zero-order valence-electron chi connectivity index (χ0n) is 10.8. The third-order valence-electron chi connectivity index (χ3n) is 2.56. The summed E-state index contributed by atoms with van der Waals surface area (Å²) < 4.78 is 5.52. The second-order valence-electron chi connectivity index (χ2n) is 4.01. The number of nitrogens with one attached hydrogen (secondary N) is 1. The summed E-state index contributed by atoms with van der Waals surface area (Å²) in [7, 11) is 0. The average Bonchev–Trinajstić information content (AvgIpc) is 2.92. The Morgan fingerprint density at radius 2 is 2.24 bits per heavy atom. The van der Waals surface area contributed by atoms with Crippen molar-refractivity contribution >= 4 is 23.5 Å². The van der Waals surface area contributed by atoms with Crippen molar-refractivity contribution in [1.29, 1.82) is 0 Å². The Kier molecular flexibility index (Phi) is 4.91. The molecule has 1 aromatic heterocycles. The van der Waals surface area contributed by atoms with Gasteiger partial charge >= 0.3 is 0 Å². The second kappa shape index (κ2) is 6.87. The highest BCUT2D eigenvalue weighted by Crippen LogP contribution is 2.31. The molecule has 0 spiro atoms. The van der Waals surface area contributed by atoms with Crippen molar-refractivity contribution in [2.45, 2.75) is 0 Å². The molecule has 7 nitrogen and oxygen atoms in total. The first-order chi connectivity index (χ1) is 10.1. The number of benzene rings is 1. The van der Waals surface area contributed by atoms with Crippen LogP contribution in [0.15, 0.2) is 39.9 Å². The lowest BCUT2D eigenvalue weighted by Crippen LogP contribution is -2.10. The van der Waals surface area contributed by atoms with E-state index in [2.05, 4.69) is 10.5 Å². The number of hydrazone groups is 1. The fourth-order valence-corrected chi connectivity index (χ4v) is 1.88. The molecule has 0 saturated carbocycles. The molecule has 0 radical (unpaired) electrons. The van der Waals surface area contributed by atoms with E-state index < -0.39 is 4.92 Å². The molecule has 0 aliphatic rings. The van der Waals surface area contributed by atoms with Crippen molar-refractivity contribution in [2.24, 2.45) is 5.10 Å². The number of halogens is 1. The molecule has 2 rings (SSSR count). The summed E-state index contributed by atoms with van der Waals surface area (Å²) in [5, 5.41) is 23.3. The Morgan fingerprint density at radius 1 is 1.43 bits per heavy atom.